The molecule has 1 aromatic carbocycles. The summed E-state index contributed by atoms with van der Waals surface area (Å²) in [7, 11) is 1.22. The third-order valence-electron chi connectivity index (χ3n) is 4.64. The SMILES string of the molecule is COC(=O)c1csc(NC(=O)[C@H](CC(C)C)N2C(=O)NC(c3ccc(O)cc3)C2=O)n1. The van der Waals surface area contributed by atoms with Crippen LogP contribution in [0.5, 0.6) is 5.75 Å². The van der Waals surface area contributed by atoms with Crippen molar-refractivity contribution in [3.05, 3.63) is 40.9 Å². The average molecular weight is 446 g/mol. The van der Waals surface area contributed by atoms with Crippen molar-refractivity contribution >= 4 is 40.3 Å². The molecule has 164 valence electrons. The molecule has 4 amide bonds. The fourth-order valence-electron chi connectivity index (χ4n) is 3.18. The van der Waals surface area contributed by atoms with Gasteiger partial charge in [-0.15, -0.1) is 11.3 Å². The van der Waals surface area contributed by atoms with E-state index in [1.165, 1.54) is 36.8 Å². The molecule has 1 aliphatic rings. The second-order valence-corrected chi connectivity index (χ2v) is 8.20. The number of nitrogens with one attached hydrogen (secondary N) is 2. The quantitative estimate of drug-likeness (QED) is 0.438. The number of aromatic nitrogens is 1. The number of esters is 1. The van der Waals surface area contributed by atoms with Crippen molar-refractivity contribution in [1.82, 2.24) is 15.2 Å². The van der Waals surface area contributed by atoms with E-state index in [0.29, 0.717) is 5.56 Å². The van der Waals surface area contributed by atoms with Crippen LogP contribution in [-0.2, 0) is 14.3 Å². The van der Waals surface area contributed by atoms with E-state index in [1.54, 1.807) is 0 Å². The van der Waals surface area contributed by atoms with Gasteiger partial charge in [-0.2, -0.15) is 0 Å². The molecule has 1 aliphatic heterocycles. The molecular formula is C20H22N4O6S. The number of aromatic hydroxyl groups is 1. The first-order chi connectivity index (χ1) is 14.7. The van der Waals surface area contributed by atoms with Crippen molar-refractivity contribution in [2.45, 2.75) is 32.4 Å². The molecule has 3 N–H and O–H groups in total. The number of methoxy groups -OCH3 is 1. The molecule has 0 bridgehead atoms. The Bertz CT molecular complexity index is 1000. The number of benzene rings is 1. The van der Waals surface area contributed by atoms with Gasteiger partial charge in [-0.05, 0) is 30.0 Å². The van der Waals surface area contributed by atoms with E-state index < -0.39 is 35.9 Å². The highest BCUT2D eigenvalue weighted by molar-refractivity contribution is 7.14. The molecule has 2 aromatic rings. The van der Waals surface area contributed by atoms with E-state index in [-0.39, 0.29) is 28.9 Å². The maximum atomic E-state index is 13.0. The topological polar surface area (TPSA) is 138 Å². The van der Waals surface area contributed by atoms with Gasteiger partial charge in [0.2, 0.25) is 5.91 Å². The lowest BCUT2D eigenvalue weighted by atomic mass is 10.0. The number of rotatable bonds is 7. The first-order valence-corrected chi connectivity index (χ1v) is 10.4. The number of nitrogens with zero attached hydrogens (tertiary/aromatic N) is 2. The van der Waals surface area contributed by atoms with Gasteiger partial charge in [0.1, 0.15) is 17.8 Å². The Morgan fingerprint density at radius 1 is 1.29 bits per heavy atom. The van der Waals surface area contributed by atoms with E-state index >= 15 is 0 Å². The molecule has 1 aromatic heterocycles. The highest BCUT2D eigenvalue weighted by Crippen LogP contribution is 2.28. The normalized spacial score (nSPS) is 16.9. The lowest BCUT2D eigenvalue weighted by Crippen LogP contribution is -2.48. The van der Waals surface area contributed by atoms with Crippen molar-refractivity contribution < 1.29 is 29.0 Å². The molecule has 3 rings (SSSR count). The minimum atomic E-state index is -1.07. The summed E-state index contributed by atoms with van der Waals surface area (Å²) < 4.78 is 4.60. The van der Waals surface area contributed by atoms with Gasteiger partial charge in [-0.25, -0.2) is 19.5 Å². The van der Waals surface area contributed by atoms with Crippen molar-refractivity contribution in [2.24, 2.45) is 5.92 Å². The van der Waals surface area contributed by atoms with Crippen LogP contribution in [0, 0.1) is 5.92 Å². The van der Waals surface area contributed by atoms with E-state index in [2.05, 4.69) is 20.4 Å². The van der Waals surface area contributed by atoms with Crippen LogP contribution >= 0.6 is 11.3 Å². The van der Waals surface area contributed by atoms with Crippen LogP contribution in [0.15, 0.2) is 29.6 Å². The van der Waals surface area contributed by atoms with Gasteiger partial charge >= 0.3 is 12.0 Å². The number of phenols is 1. The fourth-order valence-corrected chi connectivity index (χ4v) is 3.86. The number of ether oxygens (including phenoxy) is 1. The van der Waals surface area contributed by atoms with Gasteiger partial charge in [0.15, 0.2) is 10.8 Å². The highest BCUT2D eigenvalue weighted by Gasteiger charge is 2.45. The molecule has 11 heteroatoms. The van der Waals surface area contributed by atoms with Crippen LogP contribution < -0.4 is 10.6 Å². The number of thiazole rings is 1. The van der Waals surface area contributed by atoms with Crippen LogP contribution in [-0.4, -0.2) is 52.0 Å². The summed E-state index contributed by atoms with van der Waals surface area (Å²) in [5, 5.41) is 16.2. The zero-order chi connectivity index (χ0) is 22.7. The smallest absolute Gasteiger partial charge is 0.357 e. The van der Waals surface area contributed by atoms with Crippen LogP contribution in [0.4, 0.5) is 9.93 Å². The van der Waals surface area contributed by atoms with Gasteiger partial charge in [-0.3, -0.25) is 9.59 Å². The number of phenolic OH excluding ortho intramolecular Hbond substituents is 1. The molecule has 0 radical (unpaired) electrons. The standard InChI is InChI=1S/C20H22N4O6S/c1-10(2)8-14(16(26)23-19-21-13(9-31-19)18(28)30-3)24-17(27)15(22-20(24)29)11-4-6-12(25)7-5-11/h4-7,9-10,14-15,25H,8H2,1-3H3,(H,22,29)(H,21,23,26)/t14-,15?/m0/s1. The molecule has 1 unspecified atom stereocenters. The Balaban J connectivity index is 1.82. The molecule has 0 saturated carbocycles. The summed E-state index contributed by atoms with van der Waals surface area (Å²) in [4.78, 5) is 55.2. The van der Waals surface area contributed by atoms with E-state index in [4.69, 9.17) is 0 Å². The highest BCUT2D eigenvalue weighted by atomic mass is 32.1. The third-order valence-corrected chi connectivity index (χ3v) is 5.39. The molecule has 1 saturated heterocycles. The Kier molecular flexibility index (Phi) is 6.54. The van der Waals surface area contributed by atoms with Crippen LogP contribution in [0.3, 0.4) is 0 Å². The van der Waals surface area contributed by atoms with E-state index in [0.717, 1.165) is 16.2 Å². The van der Waals surface area contributed by atoms with Gasteiger partial charge in [0.05, 0.1) is 7.11 Å². The average Bonchev–Trinajstić information content (AvgIpc) is 3.30. The lowest BCUT2D eigenvalue weighted by Gasteiger charge is -2.25. The van der Waals surface area contributed by atoms with Crippen LogP contribution in [0.25, 0.3) is 0 Å². The summed E-state index contributed by atoms with van der Waals surface area (Å²) in [5.74, 6) is -1.75. The molecule has 31 heavy (non-hydrogen) atoms. The summed E-state index contributed by atoms with van der Waals surface area (Å²) in [6, 6.07) is 3.18. The second-order valence-electron chi connectivity index (χ2n) is 7.35. The molecule has 10 nitrogen and oxygen atoms in total. The maximum absolute atomic E-state index is 13.0. The number of carbonyl (C=O) groups excluding carboxylic acids is 4. The summed E-state index contributed by atoms with van der Waals surface area (Å²) in [5.41, 5.74) is 0.538. The number of hydrogen-bond donors (Lipinski definition) is 3. The number of urea groups is 1. The summed E-state index contributed by atoms with van der Waals surface area (Å²) in [6.07, 6.45) is 0.239. The summed E-state index contributed by atoms with van der Waals surface area (Å²) in [6.45, 7) is 3.74. The van der Waals surface area contributed by atoms with Crippen LogP contribution in [0.1, 0.15) is 42.4 Å². The van der Waals surface area contributed by atoms with Crippen LogP contribution in [0.2, 0.25) is 0 Å². The number of carbonyl (C=O) groups is 4. The number of amides is 4. The van der Waals surface area contributed by atoms with Crippen molar-refractivity contribution in [1.29, 1.82) is 0 Å². The number of anilines is 1. The molecule has 2 atom stereocenters. The van der Waals surface area contributed by atoms with Gasteiger partial charge in [-0.1, -0.05) is 26.0 Å². The van der Waals surface area contributed by atoms with Crippen molar-refractivity contribution in [3.8, 4) is 5.75 Å². The third kappa shape index (κ3) is 4.82. The first-order valence-electron chi connectivity index (χ1n) is 9.48. The summed E-state index contributed by atoms with van der Waals surface area (Å²) >= 11 is 1.03. The van der Waals surface area contributed by atoms with E-state index in [9.17, 15) is 24.3 Å². The van der Waals surface area contributed by atoms with Gasteiger partial charge in [0.25, 0.3) is 5.91 Å². The fraction of sp³-hybridized carbons (Fsp3) is 0.350. The Morgan fingerprint density at radius 2 is 1.97 bits per heavy atom. The zero-order valence-corrected chi connectivity index (χ0v) is 17.9. The molecular weight excluding hydrogens is 424 g/mol. The van der Waals surface area contributed by atoms with E-state index in [1.807, 2.05) is 13.8 Å². The first kappa shape index (κ1) is 22.2. The molecule has 2 heterocycles. The monoisotopic (exact) mass is 446 g/mol. The van der Waals surface area contributed by atoms with Gasteiger partial charge in [0, 0.05) is 5.38 Å². The zero-order valence-electron chi connectivity index (χ0n) is 17.1. The minimum Gasteiger partial charge on any atom is -0.508 e. The predicted octanol–water partition coefficient (Wildman–Crippen LogP) is 2.28. The Labute approximate surface area is 182 Å². The number of hydrogen-bond acceptors (Lipinski definition) is 8. The maximum Gasteiger partial charge on any atom is 0.357 e. The molecule has 1 fully saturated rings. The lowest BCUT2D eigenvalue weighted by molar-refractivity contribution is -0.134. The minimum absolute atomic E-state index is 0.00555. The van der Waals surface area contributed by atoms with Crippen molar-refractivity contribution in [2.75, 3.05) is 12.4 Å². The molecule has 0 aliphatic carbocycles. The van der Waals surface area contributed by atoms with Gasteiger partial charge < -0.3 is 20.5 Å². The largest absolute Gasteiger partial charge is 0.508 e. The predicted molar refractivity (Wildman–Crippen MR) is 112 cm³/mol. The van der Waals surface area contributed by atoms with Crippen molar-refractivity contribution in [3.63, 3.8) is 0 Å². The second kappa shape index (κ2) is 9.13. The molecule has 0 spiro atoms. The Hall–Kier alpha value is -3.47. The number of imide groups is 1. The Morgan fingerprint density at radius 3 is 2.58 bits per heavy atom.